The fraction of sp³-hybridized carbons (Fsp3) is 0.680. The highest BCUT2D eigenvalue weighted by Gasteiger charge is 2.51. The smallest absolute Gasteiger partial charge is 0.409 e. The summed E-state index contributed by atoms with van der Waals surface area (Å²) in [4.78, 5) is 30.3. The predicted octanol–water partition coefficient (Wildman–Crippen LogP) is 7.09. The first-order valence-corrected chi connectivity index (χ1v) is 21.2. The Kier molecular flexibility index (Phi) is 8.15. The molecule has 2 aliphatic heterocycles. The van der Waals surface area contributed by atoms with Crippen molar-refractivity contribution in [2.75, 3.05) is 24.6 Å². The van der Waals surface area contributed by atoms with Gasteiger partial charge < -0.3 is 14.5 Å². The minimum atomic E-state index is -1.41. The molecule has 2 aromatic heterocycles. The fourth-order valence-corrected chi connectivity index (χ4v) is 7.72. The number of pyridine rings is 1. The van der Waals surface area contributed by atoms with Crippen molar-refractivity contribution in [1.82, 2.24) is 19.9 Å². The van der Waals surface area contributed by atoms with Gasteiger partial charge in [0.1, 0.15) is 11.3 Å². The Morgan fingerprint density at radius 1 is 1.16 bits per heavy atom. The number of aromatic nitrogens is 3. The lowest BCUT2D eigenvalue weighted by molar-refractivity contribution is 0.0595. The lowest BCUT2D eigenvalue weighted by Crippen LogP contribution is -2.70. The van der Waals surface area contributed by atoms with Crippen molar-refractivity contribution >= 4 is 62.2 Å². The Morgan fingerprint density at radius 3 is 2.54 bits per heavy atom. The second-order valence-corrected chi connectivity index (χ2v) is 24.9. The van der Waals surface area contributed by atoms with E-state index in [1.165, 1.54) is 6.20 Å². The summed E-state index contributed by atoms with van der Waals surface area (Å²) in [6, 6.07) is 2.03. The van der Waals surface area contributed by atoms with Crippen molar-refractivity contribution in [2.24, 2.45) is 0 Å². The largest absolute Gasteiger partial charge is 0.450 e. The van der Waals surface area contributed by atoms with Gasteiger partial charge in [-0.2, -0.15) is 4.98 Å². The van der Waals surface area contributed by atoms with Crippen LogP contribution in [0.1, 0.15) is 25.7 Å². The van der Waals surface area contributed by atoms with Crippen LogP contribution in [0.5, 0.6) is 0 Å². The molecule has 0 aromatic carbocycles. The number of carbonyl (C=O) groups is 1. The molecule has 0 saturated carbocycles. The van der Waals surface area contributed by atoms with E-state index in [2.05, 4.69) is 59.1 Å². The van der Waals surface area contributed by atoms with Crippen molar-refractivity contribution in [2.45, 2.75) is 88.6 Å². The maximum absolute atomic E-state index is 15.0. The number of likely N-dealkylation sites (tertiary alicyclic amines) is 1. The standard InChI is InChI=1S/C25H38Cl2FN5O2Si2/c1-36(2,3)12-10-25-9-7-8-17(15-32(16-25)24(34)35-11-13-37(4,5)6)33(25)22-18-14-29-21(26)19(28)20(18)30-23(27)31-22/h14,17H,7-13,15-16H2,1-6H3/t17-,25+/m0/s1. The highest BCUT2D eigenvalue weighted by atomic mass is 35.5. The van der Waals surface area contributed by atoms with Gasteiger partial charge >= 0.3 is 6.09 Å². The van der Waals surface area contributed by atoms with Crippen LogP contribution >= 0.6 is 23.2 Å². The van der Waals surface area contributed by atoms with E-state index in [-0.39, 0.29) is 33.6 Å². The number of halogens is 3. The molecule has 2 aromatic rings. The third-order valence-corrected chi connectivity index (χ3v) is 11.4. The van der Waals surface area contributed by atoms with Crippen molar-refractivity contribution < 1.29 is 13.9 Å². The zero-order valence-corrected chi connectivity index (χ0v) is 26.2. The summed E-state index contributed by atoms with van der Waals surface area (Å²) in [6.07, 6.45) is 5.04. The summed E-state index contributed by atoms with van der Waals surface area (Å²) in [5.74, 6) is -0.124. The van der Waals surface area contributed by atoms with E-state index in [0.717, 1.165) is 37.8 Å². The molecular formula is C25H38Cl2FN5O2Si2. The zero-order valence-electron chi connectivity index (χ0n) is 22.7. The minimum Gasteiger partial charge on any atom is -0.450 e. The van der Waals surface area contributed by atoms with E-state index in [9.17, 15) is 9.18 Å². The van der Waals surface area contributed by atoms with Crippen LogP contribution in [0.2, 0.25) is 61.8 Å². The molecule has 0 spiro atoms. The number of carbonyl (C=O) groups excluding carboxylic acids is 1. The van der Waals surface area contributed by atoms with Crippen LogP contribution in [0, 0.1) is 5.82 Å². The summed E-state index contributed by atoms with van der Waals surface area (Å²) in [6.45, 7) is 15.4. The normalized spacial score (nSPS) is 22.5. The Bertz CT molecular complexity index is 1180. The zero-order chi connectivity index (χ0) is 27.2. The number of amides is 1. The van der Waals surface area contributed by atoms with Crippen LogP contribution in [0.25, 0.3) is 10.9 Å². The molecule has 0 unspecified atom stereocenters. The SMILES string of the molecule is C[Si](C)(C)CCOC(=O)N1C[C@@H]2CCC[C@@](CC[Si](C)(C)C)(C1)N2c1nc(Cl)nc2c(F)c(Cl)ncc12. The van der Waals surface area contributed by atoms with E-state index in [1.54, 1.807) is 0 Å². The van der Waals surface area contributed by atoms with Crippen LogP contribution in [-0.4, -0.2) is 73.4 Å². The van der Waals surface area contributed by atoms with Crippen LogP contribution in [0.3, 0.4) is 0 Å². The van der Waals surface area contributed by atoms with E-state index >= 15 is 0 Å². The molecular weight excluding hydrogens is 548 g/mol. The van der Waals surface area contributed by atoms with Gasteiger partial charge in [-0.3, -0.25) is 0 Å². The second kappa shape index (κ2) is 10.6. The molecule has 0 N–H and O–H groups in total. The van der Waals surface area contributed by atoms with Crippen LogP contribution in [-0.2, 0) is 4.74 Å². The molecule has 4 rings (SSSR count). The summed E-state index contributed by atoms with van der Waals surface area (Å²) >= 11 is 12.3. The summed E-state index contributed by atoms with van der Waals surface area (Å²) in [5, 5.41) is 0.213. The first-order valence-electron chi connectivity index (χ1n) is 13.1. The van der Waals surface area contributed by atoms with Gasteiger partial charge in [0.15, 0.2) is 11.0 Å². The fourth-order valence-electron chi connectivity index (χ4n) is 5.49. The Hall–Kier alpha value is -1.50. The average Bonchev–Trinajstić information content (AvgIpc) is 2.78. The molecule has 0 radical (unpaired) electrons. The topological polar surface area (TPSA) is 71.5 Å². The second-order valence-electron chi connectivity index (χ2n) is 12.9. The number of hydrogen-bond donors (Lipinski definition) is 0. The van der Waals surface area contributed by atoms with E-state index in [0.29, 0.717) is 30.9 Å². The van der Waals surface area contributed by atoms with Gasteiger partial charge in [-0.15, -0.1) is 0 Å². The van der Waals surface area contributed by atoms with Gasteiger partial charge in [0.05, 0.1) is 17.5 Å². The van der Waals surface area contributed by atoms with E-state index in [1.807, 2.05) is 4.90 Å². The summed E-state index contributed by atoms with van der Waals surface area (Å²) < 4.78 is 20.7. The van der Waals surface area contributed by atoms with Crippen molar-refractivity contribution in [3.8, 4) is 0 Å². The third-order valence-electron chi connectivity index (χ3n) is 7.47. The third kappa shape index (κ3) is 6.39. The minimum absolute atomic E-state index is 0.00146. The number of piperidine rings is 1. The molecule has 2 aliphatic rings. The van der Waals surface area contributed by atoms with Crippen LogP contribution < -0.4 is 4.90 Å². The molecule has 2 atom stereocenters. The van der Waals surface area contributed by atoms with Crippen molar-refractivity contribution in [3.63, 3.8) is 0 Å². The van der Waals surface area contributed by atoms with Gasteiger partial charge in [-0.1, -0.05) is 56.9 Å². The molecule has 1 amide bonds. The Balaban J connectivity index is 1.74. The molecule has 2 bridgehead atoms. The van der Waals surface area contributed by atoms with Gasteiger partial charge in [-0.25, -0.2) is 19.2 Å². The predicted molar refractivity (Wildman–Crippen MR) is 154 cm³/mol. The van der Waals surface area contributed by atoms with E-state index in [4.69, 9.17) is 27.9 Å². The van der Waals surface area contributed by atoms with Gasteiger partial charge in [0.25, 0.3) is 0 Å². The monoisotopic (exact) mass is 585 g/mol. The molecule has 7 nitrogen and oxygen atoms in total. The molecule has 204 valence electrons. The maximum atomic E-state index is 15.0. The molecule has 0 aliphatic carbocycles. The van der Waals surface area contributed by atoms with Gasteiger partial charge in [0, 0.05) is 41.5 Å². The lowest BCUT2D eigenvalue weighted by Gasteiger charge is -2.58. The number of ether oxygens (including phenoxy) is 1. The highest BCUT2D eigenvalue weighted by Crippen LogP contribution is 2.46. The highest BCUT2D eigenvalue weighted by molar-refractivity contribution is 6.76. The van der Waals surface area contributed by atoms with Crippen LogP contribution in [0.4, 0.5) is 15.0 Å². The number of hydrogen-bond acceptors (Lipinski definition) is 6. The summed E-state index contributed by atoms with van der Waals surface area (Å²) in [5.41, 5.74) is -0.290. The van der Waals surface area contributed by atoms with E-state index < -0.39 is 22.0 Å². The Labute approximate surface area is 231 Å². The van der Waals surface area contributed by atoms with Crippen molar-refractivity contribution in [1.29, 1.82) is 0 Å². The number of nitrogens with zero attached hydrogens (tertiary/aromatic N) is 5. The van der Waals surface area contributed by atoms with Crippen molar-refractivity contribution in [3.05, 3.63) is 22.5 Å². The molecule has 2 saturated heterocycles. The van der Waals surface area contributed by atoms with Gasteiger partial charge in [-0.05, 0) is 43.3 Å². The average molecular weight is 587 g/mol. The summed E-state index contributed by atoms with van der Waals surface area (Å²) in [7, 11) is -2.72. The number of anilines is 1. The van der Waals surface area contributed by atoms with Gasteiger partial charge in [0.2, 0.25) is 5.28 Å². The lowest BCUT2D eigenvalue weighted by atomic mass is 9.77. The molecule has 12 heteroatoms. The number of fused-ring (bicyclic) bond motifs is 3. The molecule has 2 fully saturated rings. The molecule has 37 heavy (non-hydrogen) atoms. The number of piperazine rings is 1. The number of rotatable bonds is 7. The maximum Gasteiger partial charge on any atom is 0.409 e. The quantitative estimate of drug-likeness (QED) is 0.196. The Morgan fingerprint density at radius 2 is 1.86 bits per heavy atom. The molecule has 4 heterocycles. The van der Waals surface area contributed by atoms with Crippen LogP contribution in [0.15, 0.2) is 6.20 Å². The first kappa shape index (κ1) is 28.5. The first-order chi connectivity index (χ1) is 17.2.